The van der Waals surface area contributed by atoms with Crippen LogP contribution in [0.4, 0.5) is 25.4 Å². The average molecular weight is 359 g/mol. The van der Waals surface area contributed by atoms with Crippen molar-refractivity contribution in [1.29, 1.82) is 0 Å². The zero-order chi connectivity index (χ0) is 17.8. The van der Waals surface area contributed by atoms with Crippen molar-refractivity contribution in [3.05, 3.63) is 70.7 Å². The number of nitrogen functional groups attached to an aromatic ring is 1. The second-order valence-electron chi connectivity index (χ2n) is 5.33. The van der Waals surface area contributed by atoms with E-state index < -0.39 is 11.6 Å². The molecular weight excluding hydrogens is 344 g/mol. The van der Waals surface area contributed by atoms with E-state index in [2.05, 4.69) is 10.3 Å². The van der Waals surface area contributed by atoms with Crippen molar-refractivity contribution in [2.75, 3.05) is 11.1 Å². The summed E-state index contributed by atoms with van der Waals surface area (Å²) in [6.45, 7) is 0. The number of carbonyl (C=O) groups is 1. The fourth-order valence-electron chi connectivity index (χ4n) is 2.30. The monoisotopic (exact) mass is 359 g/mol. The maximum Gasteiger partial charge on any atom is 0.189 e. The van der Waals surface area contributed by atoms with Crippen LogP contribution in [-0.4, -0.2) is 10.8 Å². The Bertz CT molecular complexity index is 879. The standard InChI is InChI=1S/C18H15F2N3OS/c19-12-8-5-9-13(20)16(12)22-18-23-17(21)15(25-18)10-14(24)11-6-3-1-2-4-7-11/h1-3,5-9H,4,10,21H2,(H,22,23). The molecule has 1 aliphatic carbocycles. The lowest BCUT2D eigenvalue weighted by atomic mass is 10.1. The molecule has 1 aliphatic rings. The first-order chi connectivity index (χ1) is 12.0. The number of rotatable bonds is 5. The molecule has 1 heterocycles. The Balaban J connectivity index is 1.76. The molecule has 0 unspecified atom stereocenters. The first-order valence-corrected chi connectivity index (χ1v) is 8.39. The third kappa shape index (κ3) is 4.00. The van der Waals surface area contributed by atoms with Crippen molar-refractivity contribution < 1.29 is 13.6 Å². The summed E-state index contributed by atoms with van der Waals surface area (Å²) in [5, 5.41) is 2.82. The Kier molecular flexibility index (Phi) is 5.04. The minimum Gasteiger partial charge on any atom is -0.383 e. The molecule has 0 amide bonds. The second kappa shape index (κ2) is 7.40. The molecular formula is C18H15F2N3OS. The summed E-state index contributed by atoms with van der Waals surface area (Å²) < 4.78 is 27.4. The largest absolute Gasteiger partial charge is 0.383 e. The molecule has 0 saturated heterocycles. The third-order valence-electron chi connectivity index (χ3n) is 3.56. The van der Waals surface area contributed by atoms with E-state index in [0.29, 0.717) is 16.9 Å². The Hall–Kier alpha value is -2.80. The number of nitrogens with two attached hydrogens (primary N) is 1. The number of nitrogens with one attached hydrogen (secondary N) is 1. The van der Waals surface area contributed by atoms with E-state index in [1.165, 1.54) is 6.07 Å². The number of allylic oxidation sites excluding steroid dienone is 6. The van der Waals surface area contributed by atoms with Gasteiger partial charge in [-0.15, -0.1) is 0 Å². The van der Waals surface area contributed by atoms with E-state index in [-0.39, 0.29) is 28.8 Å². The molecule has 4 nitrogen and oxygen atoms in total. The van der Waals surface area contributed by atoms with Gasteiger partial charge in [-0.25, -0.2) is 13.8 Å². The zero-order valence-electron chi connectivity index (χ0n) is 13.1. The summed E-state index contributed by atoms with van der Waals surface area (Å²) in [5.41, 5.74) is 6.16. The van der Waals surface area contributed by atoms with Gasteiger partial charge in [-0.05, 0) is 18.6 Å². The normalized spacial score (nSPS) is 13.4. The Morgan fingerprint density at radius 3 is 2.80 bits per heavy atom. The van der Waals surface area contributed by atoms with Crippen molar-refractivity contribution in [2.24, 2.45) is 0 Å². The van der Waals surface area contributed by atoms with Crippen LogP contribution in [-0.2, 0) is 11.2 Å². The van der Waals surface area contributed by atoms with Crippen LogP contribution in [0.2, 0.25) is 0 Å². The van der Waals surface area contributed by atoms with E-state index in [1.807, 2.05) is 18.2 Å². The number of benzene rings is 1. The Morgan fingerprint density at radius 2 is 2.04 bits per heavy atom. The number of para-hydroxylation sites is 1. The number of thiazole rings is 1. The SMILES string of the molecule is Nc1nc(Nc2c(F)cccc2F)sc1CC(=O)C1=CCC=CC=C1. The van der Waals surface area contributed by atoms with Gasteiger partial charge in [0.2, 0.25) is 0 Å². The molecule has 7 heteroatoms. The summed E-state index contributed by atoms with van der Waals surface area (Å²) in [5.74, 6) is -1.37. The van der Waals surface area contributed by atoms with Gasteiger partial charge in [0.15, 0.2) is 10.9 Å². The fraction of sp³-hybridized carbons (Fsp3) is 0.111. The molecule has 1 aromatic carbocycles. The van der Waals surface area contributed by atoms with Gasteiger partial charge in [-0.3, -0.25) is 4.79 Å². The second-order valence-corrected chi connectivity index (χ2v) is 6.42. The van der Waals surface area contributed by atoms with Crippen LogP contribution < -0.4 is 11.1 Å². The van der Waals surface area contributed by atoms with Gasteiger partial charge in [0, 0.05) is 12.0 Å². The highest BCUT2D eigenvalue weighted by atomic mass is 32.1. The van der Waals surface area contributed by atoms with Crippen LogP contribution in [0.1, 0.15) is 11.3 Å². The van der Waals surface area contributed by atoms with E-state index in [0.717, 1.165) is 23.5 Å². The highest BCUT2D eigenvalue weighted by Crippen LogP contribution is 2.30. The summed E-state index contributed by atoms with van der Waals surface area (Å²) in [4.78, 5) is 17.0. The number of nitrogens with zero attached hydrogens (tertiary/aromatic N) is 1. The quantitative estimate of drug-likeness (QED) is 0.835. The summed E-state index contributed by atoms with van der Waals surface area (Å²) >= 11 is 1.10. The van der Waals surface area contributed by atoms with Crippen molar-refractivity contribution in [3.63, 3.8) is 0 Å². The molecule has 3 rings (SSSR count). The number of carbonyl (C=O) groups excluding carboxylic acids is 1. The molecule has 0 radical (unpaired) electrons. The predicted molar refractivity (Wildman–Crippen MR) is 95.9 cm³/mol. The maximum absolute atomic E-state index is 13.7. The van der Waals surface area contributed by atoms with Gasteiger partial charge < -0.3 is 11.1 Å². The molecule has 0 fully saturated rings. The van der Waals surface area contributed by atoms with Gasteiger partial charge in [0.25, 0.3) is 0 Å². The molecule has 0 aliphatic heterocycles. The van der Waals surface area contributed by atoms with Crippen LogP contribution >= 0.6 is 11.3 Å². The van der Waals surface area contributed by atoms with Crippen LogP contribution in [0.15, 0.2) is 54.2 Å². The maximum atomic E-state index is 13.7. The number of anilines is 3. The molecule has 0 spiro atoms. The number of Topliss-reactive ketones (excluding diaryl/α,β-unsaturated/α-hetero) is 1. The molecule has 2 aromatic rings. The van der Waals surface area contributed by atoms with Gasteiger partial charge in [-0.2, -0.15) is 0 Å². The number of hydrogen-bond acceptors (Lipinski definition) is 5. The molecule has 0 atom stereocenters. The summed E-state index contributed by atoms with van der Waals surface area (Å²) in [7, 11) is 0. The van der Waals surface area contributed by atoms with Gasteiger partial charge in [0.05, 0.1) is 4.88 Å². The predicted octanol–water partition coefficient (Wildman–Crippen LogP) is 4.30. The van der Waals surface area contributed by atoms with Gasteiger partial charge in [0.1, 0.15) is 23.1 Å². The highest BCUT2D eigenvalue weighted by Gasteiger charge is 2.17. The zero-order valence-corrected chi connectivity index (χ0v) is 13.9. The van der Waals surface area contributed by atoms with E-state index in [4.69, 9.17) is 5.73 Å². The third-order valence-corrected chi connectivity index (χ3v) is 4.55. The molecule has 1 aromatic heterocycles. The number of ketones is 1. The number of halogens is 2. The molecule has 0 bridgehead atoms. The first-order valence-electron chi connectivity index (χ1n) is 7.57. The smallest absolute Gasteiger partial charge is 0.189 e. The lowest BCUT2D eigenvalue weighted by Crippen LogP contribution is -2.05. The molecule has 3 N–H and O–H groups in total. The molecule has 0 saturated carbocycles. The van der Waals surface area contributed by atoms with Crippen LogP contribution in [0, 0.1) is 11.6 Å². The minimum atomic E-state index is -0.729. The summed E-state index contributed by atoms with van der Waals surface area (Å²) in [6.07, 6.45) is 9.99. The van der Waals surface area contributed by atoms with Crippen molar-refractivity contribution in [2.45, 2.75) is 12.8 Å². The van der Waals surface area contributed by atoms with Crippen LogP contribution in [0.25, 0.3) is 0 Å². The van der Waals surface area contributed by atoms with Crippen LogP contribution in [0.3, 0.4) is 0 Å². The highest BCUT2D eigenvalue weighted by molar-refractivity contribution is 7.16. The van der Waals surface area contributed by atoms with Gasteiger partial charge in [-0.1, -0.05) is 47.8 Å². The summed E-state index contributed by atoms with van der Waals surface area (Å²) in [6, 6.07) is 3.57. The average Bonchev–Trinajstić information content (AvgIpc) is 2.79. The van der Waals surface area contributed by atoms with Crippen molar-refractivity contribution >= 4 is 33.8 Å². The fourth-order valence-corrected chi connectivity index (χ4v) is 3.19. The Morgan fingerprint density at radius 1 is 1.28 bits per heavy atom. The number of hydrogen-bond donors (Lipinski definition) is 2. The minimum absolute atomic E-state index is 0.0843. The van der Waals surface area contributed by atoms with E-state index in [9.17, 15) is 13.6 Å². The molecule has 128 valence electrons. The van der Waals surface area contributed by atoms with Gasteiger partial charge >= 0.3 is 0 Å². The lowest BCUT2D eigenvalue weighted by molar-refractivity contribution is -0.114. The van der Waals surface area contributed by atoms with E-state index >= 15 is 0 Å². The Labute approximate surface area is 147 Å². The number of aromatic nitrogens is 1. The van der Waals surface area contributed by atoms with Crippen molar-refractivity contribution in [3.8, 4) is 0 Å². The topological polar surface area (TPSA) is 68.0 Å². The van der Waals surface area contributed by atoms with E-state index in [1.54, 1.807) is 12.2 Å². The first kappa shape index (κ1) is 17.0. The lowest BCUT2D eigenvalue weighted by Gasteiger charge is -2.04. The van der Waals surface area contributed by atoms with Crippen LogP contribution in [0.5, 0.6) is 0 Å². The molecule has 25 heavy (non-hydrogen) atoms. The van der Waals surface area contributed by atoms with Crippen molar-refractivity contribution in [1.82, 2.24) is 4.98 Å².